The van der Waals surface area contributed by atoms with E-state index in [-0.39, 0.29) is 0 Å². The molecule has 0 aromatic carbocycles. The van der Waals surface area contributed by atoms with Crippen LogP contribution in [-0.4, -0.2) is 15.7 Å². The Balaban J connectivity index is 2.75. The van der Waals surface area contributed by atoms with Crippen LogP contribution in [0.4, 0.5) is 0 Å². The highest BCUT2D eigenvalue weighted by atomic mass is 16.1. The van der Waals surface area contributed by atoms with Gasteiger partial charge in [-0.2, -0.15) is 5.10 Å². The molecule has 13 heavy (non-hydrogen) atoms. The van der Waals surface area contributed by atoms with Crippen molar-refractivity contribution >= 4 is 12.0 Å². The Morgan fingerprint density at radius 3 is 2.85 bits per heavy atom. The van der Waals surface area contributed by atoms with Crippen molar-refractivity contribution in [3.8, 4) is 0 Å². The fourth-order valence-corrected chi connectivity index (χ4v) is 0.900. The normalized spacial score (nSPS) is 11.3. The van der Waals surface area contributed by atoms with E-state index >= 15 is 0 Å². The number of nitrogens with two attached hydrogens (primary N) is 1. The van der Waals surface area contributed by atoms with E-state index in [4.69, 9.17) is 5.73 Å². The largest absolute Gasteiger partial charge is 0.366 e. The summed E-state index contributed by atoms with van der Waals surface area (Å²) in [6, 6.07) is 0.329. The number of rotatable bonds is 3. The molecule has 0 aliphatic heterocycles. The van der Waals surface area contributed by atoms with E-state index in [1.165, 1.54) is 6.08 Å². The molecule has 1 amide bonds. The van der Waals surface area contributed by atoms with Gasteiger partial charge in [-0.1, -0.05) is 0 Å². The summed E-state index contributed by atoms with van der Waals surface area (Å²) in [5, 5.41) is 4.11. The van der Waals surface area contributed by atoms with Gasteiger partial charge >= 0.3 is 0 Å². The third-order valence-electron chi connectivity index (χ3n) is 1.59. The van der Waals surface area contributed by atoms with Gasteiger partial charge in [-0.3, -0.25) is 9.48 Å². The summed E-state index contributed by atoms with van der Waals surface area (Å²) >= 11 is 0. The van der Waals surface area contributed by atoms with E-state index in [0.29, 0.717) is 6.04 Å². The minimum absolute atomic E-state index is 0.329. The first kappa shape index (κ1) is 9.51. The standard InChI is InChI=1S/C9H13N3O/c1-7(2)12-6-8(5-11-12)3-4-9(10)13/h3-7H,1-2H3,(H2,10,13). The molecule has 70 valence electrons. The van der Waals surface area contributed by atoms with E-state index in [9.17, 15) is 4.79 Å². The van der Waals surface area contributed by atoms with Gasteiger partial charge in [0.2, 0.25) is 5.91 Å². The van der Waals surface area contributed by atoms with Crippen LogP contribution in [0.25, 0.3) is 6.08 Å². The second kappa shape index (κ2) is 3.89. The number of primary amides is 1. The van der Waals surface area contributed by atoms with Crippen molar-refractivity contribution in [2.24, 2.45) is 5.73 Å². The van der Waals surface area contributed by atoms with Crippen LogP contribution in [0.2, 0.25) is 0 Å². The van der Waals surface area contributed by atoms with Gasteiger partial charge in [-0.05, 0) is 19.9 Å². The second-order valence-corrected chi connectivity index (χ2v) is 3.08. The molecule has 0 saturated heterocycles. The Bertz CT molecular complexity index is 325. The smallest absolute Gasteiger partial charge is 0.241 e. The third-order valence-corrected chi connectivity index (χ3v) is 1.59. The van der Waals surface area contributed by atoms with Crippen molar-refractivity contribution < 1.29 is 4.79 Å². The quantitative estimate of drug-likeness (QED) is 0.702. The molecule has 0 aliphatic rings. The number of amides is 1. The average molecular weight is 179 g/mol. The molecule has 1 aromatic rings. The Morgan fingerprint density at radius 1 is 1.69 bits per heavy atom. The molecule has 1 heterocycles. The molecular formula is C9H13N3O. The molecule has 4 heteroatoms. The lowest BCUT2D eigenvalue weighted by atomic mass is 10.3. The lowest BCUT2D eigenvalue weighted by Crippen LogP contribution is -2.04. The van der Waals surface area contributed by atoms with E-state index in [2.05, 4.69) is 5.10 Å². The van der Waals surface area contributed by atoms with Crippen LogP contribution in [0, 0.1) is 0 Å². The maximum atomic E-state index is 10.4. The van der Waals surface area contributed by atoms with Crippen molar-refractivity contribution in [1.82, 2.24) is 9.78 Å². The summed E-state index contributed by atoms with van der Waals surface area (Å²) in [7, 11) is 0. The summed E-state index contributed by atoms with van der Waals surface area (Å²) in [6.45, 7) is 4.07. The van der Waals surface area contributed by atoms with Crippen LogP contribution in [0.3, 0.4) is 0 Å². The topological polar surface area (TPSA) is 60.9 Å². The van der Waals surface area contributed by atoms with Gasteiger partial charge in [0.25, 0.3) is 0 Å². The molecular weight excluding hydrogens is 166 g/mol. The molecule has 0 saturated carbocycles. The summed E-state index contributed by atoms with van der Waals surface area (Å²) < 4.78 is 1.82. The molecule has 0 unspecified atom stereocenters. The lowest BCUT2D eigenvalue weighted by Gasteiger charge is -2.02. The number of nitrogens with zero attached hydrogens (tertiary/aromatic N) is 2. The molecule has 1 aromatic heterocycles. The Hall–Kier alpha value is -1.58. The molecule has 0 atom stereocenters. The number of hydrogen-bond donors (Lipinski definition) is 1. The average Bonchev–Trinajstić information content (AvgIpc) is 2.48. The zero-order valence-electron chi connectivity index (χ0n) is 7.77. The van der Waals surface area contributed by atoms with Crippen LogP contribution in [0.1, 0.15) is 25.5 Å². The molecule has 0 aliphatic carbocycles. The van der Waals surface area contributed by atoms with Crippen molar-refractivity contribution in [3.05, 3.63) is 24.0 Å². The van der Waals surface area contributed by atoms with E-state index in [1.807, 2.05) is 24.7 Å². The molecule has 0 radical (unpaired) electrons. The van der Waals surface area contributed by atoms with Crippen LogP contribution in [0.5, 0.6) is 0 Å². The Labute approximate surface area is 77.0 Å². The number of carbonyl (C=O) groups is 1. The maximum absolute atomic E-state index is 10.4. The number of aromatic nitrogens is 2. The van der Waals surface area contributed by atoms with E-state index in [1.54, 1.807) is 12.3 Å². The van der Waals surface area contributed by atoms with Gasteiger partial charge in [0.1, 0.15) is 0 Å². The zero-order valence-corrected chi connectivity index (χ0v) is 7.77. The van der Waals surface area contributed by atoms with Crippen LogP contribution in [0.15, 0.2) is 18.5 Å². The van der Waals surface area contributed by atoms with Crippen LogP contribution >= 0.6 is 0 Å². The van der Waals surface area contributed by atoms with Crippen molar-refractivity contribution in [2.75, 3.05) is 0 Å². The second-order valence-electron chi connectivity index (χ2n) is 3.08. The highest BCUT2D eigenvalue weighted by molar-refractivity contribution is 5.90. The Morgan fingerprint density at radius 2 is 2.38 bits per heavy atom. The molecule has 0 bridgehead atoms. The van der Waals surface area contributed by atoms with Gasteiger partial charge in [-0.25, -0.2) is 0 Å². The number of hydrogen-bond acceptors (Lipinski definition) is 2. The van der Waals surface area contributed by atoms with Crippen molar-refractivity contribution in [2.45, 2.75) is 19.9 Å². The monoisotopic (exact) mass is 179 g/mol. The first-order valence-corrected chi connectivity index (χ1v) is 4.11. The summed E-state index contributed by atoms with van der Waals surface area (Å²) in [5.41, 5.74) is 5.84. The first-order valence-electron chi connectivity index (χ1n) is 4.11. The first-order chi connectivity index (χ1) is 6.09. The van der Waals surface area contributed by atoms with Gasteiger partial charge in [0.15, 0.2) is 0 Å². The van der Waals surface area contributed by atoms with Crippen molar-refractivity contribution in [1.29, 1.82) is 0 Å². The zero-order chi connectivity index (χ0) is 9.84. The van der Waals surface area contributed by atoms with Gasteiger partial charge in [-0.15, -0.1) is 0 Å². The minimum atomic E-state index is -0.447. The van der Waals surface area contributed by atoms with Gasteiger partial charge in [0, 0.05) is 23.9 Å². The molecule has 0 fully saturated rings. The third kappa shape index (κ3) is 2.74. The molecule has 4 nitrogen and oxygen atoms in total. The van der Waals surface area contributed by atoms with E-state index < -0.39 is 5.91 Å². The summed E-state index contributed by atoms with van der Waals surface area (Å²) in [5.74, 6) is -0.447. The SMILES string of the molecule is CC(C)n1cc(C=CC(N)=O)cn1. The predicted molar refractivity (Wildman–Crippen MR) is 50.8 cm³/mol. The number of carbonyl (C=O) groups excluding carboxylic acids is 1. The van der Waals surface area contributed by atoms with Crippen molar-refractivity contribution in [3.63, 3.8) is 0 Å². The summed E-state index contributed by atoms with van der Waals surface area (Å²) in [4.78, 5) is 10.4. The minimum Gasteiger partial charge on any atom is -0.366 e. The lowest BCUT2D eigenvalue weighted by molar-refractivity contribution is -0.113. The Kier molecular flexibility index (Phi) is 2.84. The fraction of sp³-hybridized carbons (Fsp3) is 0.333. The van der Waals surface area contributed by atoms with Crippen LogP contribution < -0.4 is 5.73 Å². The predicted octanol–water partition coefficient (Wildman–Crippen LogP) is 0.963. The summed E-state index contributed by atoms with van der Waals surface area (Å²) in [6.07, 6.45) is 6.53. The molecule has 0 spiro atoms. The van der Waals surface area contributed by atoms with Crippen LogP contribution in [-0.2, 0) is 4.79 Å². The highest BCUT2D eigenvalue weighted by Crippen LogP contribution is 2.06. The van der Waals surface area contributed by atoms with Gasteiger partial charge in [0.05, 0.1) is 6.20 Å². The maximum Gasteiger partial charge on any atom is 0.241 e. The fourth-order valence-electron chi connectivity index (χ4n) is 0.900. The highest BCUT2D eigenvalue weighted by Gasteiger charge is 1.98. The van der Waals surface area contributed by atoms with Gasteiger partial charge < -0.3 is 5.73 Å². The molecule has 2 N–H and O–H groups in total. The van der Waals surface area contributed by atoms with E-state index in [0.717, 1.165) is 5.56 Å². The molecule has 1 rings (SSSR count).